The second-order valence-corrected chi connectivity index (χ2v) is 10.7. The van der Waals surface area contributed by atoms with E-state index < -0.39 is 24.9 Å². The Hall–Kier alpha value is -2.72. The Balaban J connectivity index is 1.71. The van der Waals surface area contributed by atoms with Gasteiger partial charge in [0.25, 0.3) is 0 Å². The zero-order chi connectivity index (χ0) is 29.1. The van der Waals surface area contributed by atoms with Gasteiger partial charge in [-0.2, -0.15) is 0 Å². The Morgan fingerprint density at radius 2 is 1.48 bits per heavy atom. The van der Waals surface area contributed by atoms with Gasteiger partial charge in [0.1, 0.15) is 6.79 Å². The molecule has 1 aliphatic carbocycles. The van der Waals surface area contributed by atoms with Crippen molar-refractivity contribution in [3.05, 3.63) is 41.5 Å². The van der Waals surface area contributed by atoms with Crippen molar-refractivity contribution < 1.29 is 44.5 Å². The fraction of sp³-hybridized carbons (Fsp3) is 0.613. The van der Waals surface area contributed by atoms with E-state index in [0.717, 1.165) is 43.2 Å². The van der Waals surface area contributed by atoms with E-state index in [1.54, 1.807) is 18.2 Å². The number of phenols is 2. The standard InChI is InChI=1S/C31H46O9/c1-4-22(12-20-10-11-25(34)28(14-20)40-24-8-6-5-7-9-24)27(39-19-33)17-26(35)23(18-32)13-21-15-29(37-2)31(36)30(16-21)38-3/h10-11,14-16,22-24,26-27,32-36H,4-9,12-13,17-19H2,1-3H3/t22-,23+,26-,27-/m1/s1. The molecule has 0 bridgehead atoms. The van der Waals surface area contributed by atoms with Crippen LogP contribution in [-0.4, -0.2) is 71.5 Å². The van der Waals surface area contributed by atoms with E-state index in [1.807, 2.05) is 19.1 Å². The lowest BCUT2D eigenvalue weighted by Gasteiger charge is -2.31. The minimum absolute atomic E-state index is 0.0397. The van der Waals surface area contributed by atoms with Crippen LogP contribution in [0.25, 0.3) is 0 Å². The molecule has 1 saturated carbocycles. The summed E-state index contributed by atoms with van der Waals surface area (Å²) in [5, 5.41) is 51.5. The van der Waals surface area contributed by atoms with Gasteiger partial charge in [0.05, 0.1) is 32.5 Å². The Bertz CT molecular complexity index is 1010. The van der Waals surface area contributed by atoms with E-state index in [0.29, 0.717) is 18.6 Å². The molecule has 5 N–H and O–H groups in total. The number of rotatable bonds is 16. The monoisotopic (exact) mass is 562 g/mol. The molecule has 224 valence electrons. The van der Waals surface area contributed by atoms with Crippen LogP contribution in [0.4, 0.5) is 0 Å². The van der Waals surface area contributed by atoms with Crippen LogP contribution in [0.5, 0.6) is 28.7 Å². The average Bonchev–Trinajstić information content (AvgIpc) is 2.97. The molecule has 3 rings (SSSR count). The minimum atomic E-state index is -0.925. The predicted molar refractivity (Wildman–Crippen MR) is 151 cm³/mol. The Kier molecular flexibility index (Phi) is 12.6. The van der Waals surface area contributed by atoms with Gasteiger partial charge in [-0.3, -0.25) is 0 Å². The van der Waals surface area contributed by atoms with Gasteiger partial charge in [-0.1, -0.05) is 25.8 Å². The van der Waals surface area contributed by atoms with Crippen molar-refractivity contribution in [3.8, 4) is 28.7 Å². The summed E-state index contributed by atoms with van der Waals surface area (Å²) < 4.78 is 22.3. The summed E-state index contributed by atoms with van der Waals surface area (Å²) in [6.07, 6.45) is 6.03. The van der Waals surface area contributed by atoms with E-state index in [1.165, 1.54) is 20.6 Å². The molecule has 0 saturated heterocycles. The van der Waals surface area contributed by atoms with Crippen molar-refractivity contribution in [2.45, 2.75) is 83.0 Å². The SMILES string of the molecule is CC[C@H](Cc1ccc(O)c(OC2CCCCC2)c1)[C@@H](C[C@@H](O)[C@H](CO)Cc1cc(OC)c(O)c(OC)c1)OCO. The second-order valence-electron chi connectivity index (χ2n) is 10.7. The molecule has 0 heterocycles. The highest BCUT2D eigenvalue weighted by Gasteiger charge is 2.29. The molecule has 0 radical (unpaired) electrons. The third-order valence-corrected chi connectivity index (χ3v) is 8.00. The normalized spacial score (nSPS) is 17.1. The lowest BCUT2D eigenvalue weighted by molar-refractivity contribution is -0.0963. The largest absolute Gasteiger partial charge is 0.504 e. The average molecular weight is 563 g/mol. The number of aromatic hydroxyl groups is 2. The van der Waals surface area contributed by atoms with Crippen LogP contribution in [0.1, 0.15) is 63.0 Å². The van der Waals surface area contributed by atoms with Crippen LogP contribution >= 0.6 is 0 Å². The van der Waals surface area contributed by atoms with Crippen molar-refractivity contribution in [1.82, 2.24) is 0 Å². The highest BCUT2D eigenvalue weighted by Crippen LogP contribution is 2.38. The van der Waals surface area contributed by atoms with Crippen LogP contribution in [0, 0.1) is 11.8 Å². The topological polar surface area (TPSA) is 138 Å². The van der Waals surface area contributed by atoms with Crippen molar-refractivity contribution in [2.24, 2.45) is 11.8 Å². The quantitative estimate of drug-likeness (QED) is 0.189. The van der Waals surface area contributed by atoms with E-state index >= 15 is 0 Å². The predicted octanol–water partition coefficient (Wildman–Crippen LogP) is 4.33. The zero-order valence-corrected chi connectivity index (χ0v) is 23.9. The highest BCUT2D eigenvalue weighted by atomic mass is 16.6. The maximum absolute atomic E-state index is 11.2. The fourth-order valence-corrected chi connectivity index (χ4v) is 5.60. The van der Waals surface area contributed by atoms with Crippen LogP contribution in [0.15, 0.2) is 30.3 Å². The van der Waals surface area contributed by atoms with Crippen molar-refractivity contribution in [1.29, 1.82) is 0 Å². The second kappa shape index (κ2) is 15.9. The van der Waals surface area contributed by atoms with Crippen LogP contribution in [0.2, 0.25) is 0 Å². The lowest BCUT2D eigenvalue weighted by atomic mass is 9.84. The van der Waals surface area contributed by atoms with Gasteiger partial charge in [-0.15, -0.1) is 0 Å². The van der Waals surface area contributed by atoms with Crippen molar-refractivity contribution in [2.75, 3.05) is 27.6 Å². The highest BCUT2D eigenvalue weighted by molar-refractivity contribution is 5.52. The van der Waals surface area contributed by atoms with Gasteiger partial charge >= 0.3 is 0 Å². The molecule has 4 atom stereocenters. The number of ether oxygens (including phenoxy) is 4. The molecule has 0 aromatic heterocycles. The van der Waals surface area contributed by atoms with Crippen LogP contribution in [0.3, 0.4) is 0 Å². The number of hydrogen-bond donors (Lipinski definition) is 5. The maximum atomic E-state index is 11.2. The Labute approximate surface area is 237 Å². The summed E-state index contributed by atoms with van der Waals surface area (Å²) in [6, 6.07) is 8.70. The van der Waals surface area contributed by atoms with Gasteiger partial charge in [0.15, 0.2) is 23.0 Å². The molecule has 0 amide bonds. The first-order valence-corrected chi connectivity index (χ1v) is 14.3. The summed E-state index contributed by atoms with van der Waals surface area (Å²) in [5.41, 5.74) is 1.70. The number of aliphatic hydroxyl groups excluding tert-OH is 3. The van der Waals surface area contributed by atoms with Gasteiger partial charge in [0, 0.05) is 18.9 Å². The van der Waals surface area contributed by atoms with E-state index in [4.69, 9.17) is 18.9 Å². The molecule has 0 unspecified atom stereocenters. The molecule has 9 heteroatoms. The van der Waals surface area contributed by atoms with Crippen molar-refractivity contribution >= 4 is 0 Å². The molecular formula is C31H46O9. The van der Waals surface area contributed by atoms with E-state index in [-0.39, 0.29) is 48.0 Å². The minimum Gasteiger partial charge on any atom is -0.504 e. The van der Waals surface area contributed by atoms with Gasteiger partial charge in [-0.25, -0.2) is 0 Å². The Morgan fingerprint density at radius 3 is 2.05 bits per heavy atom. The van der Waals surface area contributed by atoms with Crippen LogP contribution < -0.4 is 14.2 Å². The smallest absolute Gasteiger partial charge is 0.200 e. The molecule has 2 aromatic carbocycles. The van der Waals surface area contributed by atoms with Crippen molar-refractivity contribution in [3.63, 3.8) is 0 Å². The summed E-state index contributed by atoms with van der Waals surface area (Å²) in [7, 11) is 2.88. The number of phenolic OH excluding ortho intramolecular Hbond substituents is 2. The van der Waals surface area contributed by atoms with E-state index in [2.05, 4.69) is 0 Å². The maximum Gasteiger partial charge on any atom is 0.200 e. The molecule has 0 spiro atoms. The molecule has 40 heavy (non-hydrogen) atoms. The molecule has 1 fully saturated rings. The first kappa shape index (κ1) is 31.8. The Morgan fingerprint density at radius 1 is 0.850 bits per heavy atom. The first-order chi connectivity index (χ1) is 19.3. The fourth-order valence-electron chi connectivity index (χ4n) is 5.60. The third-order valence-electron chi connectivity index (χ3n) is 8.00. The summed E-state index contributed by atoms with van der Waals surface area (Å²) in [5.74, 6) is 0.418. The third kappa shape index (κ3) is 8.64. The molecule has 9 nitrogen and oxygen atoms in total. The summed E-state index contributed by atoms with van der Waals surface area (Å²) in [4.78, 5) is 0. The van der Waals surface area contributed by atoms with E-state index in [9.17, 15) is 25.5 Å². The lowest BCUT2D eigenvalue weighted by Crippen LogP contribution is -2.35. The molecular weight excluding hydrogens is 516 g/mol. The van der Waals surface area contributed by atoms with Gasteiger partial charge in [0.2, 0.25) is 5.75 Å². The number of hydrogen-bond acceptors (Lipinski definition) is 9. The van der Waals surface area contributed by atoms with Gasteiger partial charge < -0.3 is 44.5 Å². The number of benzene rings is 2. The van der Waals surface area contributed by atoms with Gasteiger partial charge in [-0.05, 0) is 79.8 Å². The summed E-state index contributed by atoms with van der Waals surface area (Å²) >= 11 is 0. The number of methoxy groups -OCH3 is 2. The number of aliphatic hydroxyl groups is 3. The van der Waals surface area contributed by atoms with Crippen LogP contribution in [-0.2, 0) is 17.6 Å². The molecule has 1 aliphatic rings. The molecule has 0 aliphatic heterocycles. The summed E-state index contributed by atoms with van der Waals surface area (Å²) in [6.45, 7) is 1.27. The zero-order valence-electron chi connectivity index (χ0n) is 23.9. The molecule has 2 aromatic rings. The first-order valence-electron chi connectivity index (χ1n) is 14.3.